The molecule has 2 aliphatic rings. The molecule has 4 rings (SSSR count). The topological polar surface area (TPSA) is 65.0 Å². The summed E-state index contributed by atoms with van der Waals surface area (Å²) in [4.78, 5) is 14.7. The Balaban J connectivity index is 0.000000278. The molecule has 0 saturated carbocycles. The standard InChI is InChI=1S/C24H38O3S.C19H30O2S/c1-7-17(2)15-22-18(3)20(16-28-19-11-9-8-10-12-19)21(27-22)13-14-26-23(25)24(4,5)6;1-4-14(2)12-19-15(3)17(18(21-19)10-11-20)13-22-16-8-6-5-7-9-16/h8-12,17-18,20-22H,7,13-16H2,1-6H3;5-9,14-15,17-20H,4,10-13H2,1-3H3/t17-,18-,20-,21+,22-;14-,15-,17-,18+,19-/m11/s1. The Morgan fingerprint density at radius 3 is 1.54 bits per heavy atom. The van der Waals surface area contributed by atoms with Gasteiger partial charge in [0.2, 0.25) is 0 Å². The van der Waals surface area contributed by atoms with Gasteiger partial charge in [-0.15, -0.1) is 23.5 Å². The highest BCUT2D eigenvalue weighted by atomic mass is 32.2. The molecular formula is C43H68O5S2. The zero-order valence-electron chi connectivity index (χ0n) is 32.5. The van der Waals surface area contributed by atoms with E-state index < -0.39 is 5.41 Å². The fraction of sp³-hybridized carbons (Fsp3) is 0.698. The number of benzene rings is 2. The predicted octanol–water partition coefficient (Wildman–Crippen LogP) is 10.8. The first-order valence-corrected chi connectivity index (χ1v) is 21.3. The molecule has 2 fully saturated rings. The van der Waals surface area contributed by atoms with Crippen LogP contribution in [-0.2, 0) is 19.0 Å². The SMILES string of the molecule is CC[C@@H](C)C[C@H]1O[C@@H](CCO)[C@H](CSc2ccccc2)[C@H]1C.CC[C@@H](C)C[C@H]1O[C@@H](CCOC(=O)C(C)(C)C)[C@H](CSc2ccccc2)[C@H]1C. The van der Waals surface area contributed by atoms with Crippen LogP contribution in [0.1, 0.15) is 101 Å². The summed E-state index contributed by atoms with van der Waals surface area (Å²) in [6, 6.07) is 21.2. The Bertz CT molecular complexity index is 1200. The van der Waals surface area contributed by atoms with Crippen LogP contribution in [0.4, 0.5) is 0 Å². The quantitative estimate of drug-likeness (QED) is 0.128. The van der Waals surface area contributed by atoms with Crippen molar-refractivity contribution in [3.8, 4) is 0 Å². The molecule has 2 saturated heterocycles. The number of aliphatic hydroxyl groups excluding tert-OH is 1. The zero-order chi connectivity index (χ0) is 36.7. The molecule has 0 aliphatic carbocycles. The second kappa shape index (κ2) is 21.9. The van der Waals surface area contributed by atoms with Crippen molar-refractivity contribution >= 4 is 29.5 Å². The first kappa shape index (κ1) is 42.9. The highest BCUT2D eigenvalue weighted by molar-refractivity contribution is 7.99. The highest BCUT2D eigenvalue weighted by Gasteiger charge is 2.42. The van der Waals surface area contributed by atoms with Gasteiger partial charge in [0.25, 0.3) is 0 Å². The number of aliphatic hydroxyl groups is 1. The maximum Gasteiger partial charge on any atom is 0.311 e. The molecule has 2 heterocycles. The van der Waals surface area contributed by atoms with E-state index >= 15 is 0 Å². The lowest BCUT2D eigenvalue weighted by Crippen LogP contribution is -2.27. The number of hydrogen-bond acceptors (Lipinski definition) is 7. The first-order valence-electron chi connectivity index (χ1n) is 19.3. The lowest BCUT2D eigenvalue weighted by atomic mass is 9.85. The van der Waals surface area contributed by atoms with E-state index in [2.05, 4.69) is 102 Å². The Hall–Kier alpha value is -1.51. The number of rotatable bonds is 17. The molecule has 50 heavy (non-hydrogen) atoms. The minimum Gasteiger partial charge on any atom is -0.465 e. The molecule has 0 unspecified atom stereocenters. The van der Waals surface area contributed by atoms with Gasteiger partial charge in [0.1, 0.15) is 0 Å². The number of ether oxygens (including phenoxy) is 3. The zero-order valence-corrected chi connectivity index (χ0v) is 34.1. The molecule has 0 radical (unpaired) electrons. The van der Waals surface area contributed by atoms with Crippen LogP contribution in [0, 0.1) is 40.9 Å². The van der Waals surface area contributed by atoms with Gasteiger partial charge in [-0.3, -0.25) is 4.79 Å². The second-order valence-corrected chi connectivity index (χ2v) is 18.1. The van der Waals surface area contributed by atoms with E-state index in [-0.39, 0.29) is 24.8 Å². The molecular weight excluding hydrogens is 661 g/mol. The van der Waals surface area contributed by atoms with E-state index in [1.165, 1.54) is 22.6 Å². The van der Waals surface area contributed by atoms with Crippen molar-refractivity contribution < 1.29 is 24.1 Å². The summed E-state index contributed by atoms with van der Waals surface area (Å²) in [5.74, 6) is 5.47. The molecule has 2 aromatic rings. The van der Waals surface area contributed by atoms with Crippen molar-refractivity contribution in [3.63, 3.8) is 0 Å². The van der Waals surface area contributed by atoms with Crippen molar-refractivity contribution in [3.05, 3.63) is 60.7 Å². The Morgan fingerprint density at radius 1 is 0.740 bits per heavy atom. The van der Waals surface area contributed by atoms with E-state index in [1.807, 2.05) is 44.3 Å². The van der Waals surface area contributed by atoms with Crippen molar-refractivity contribution in [2.24, 2.45) is 40.9 Å². The van der Waals surface area contributed by atoms with Gasteiger partial charge in [0.15, 0.2) is 0 Å². The summed E-state index contributed by atoms with van der Waals surface area (Å²) in [5, 5.41) is 9.34. The second-order valence-electron chi connectivity index (χ2n) is 15.9. The van der Waals surface area contributed by atoms with E-state index in [4.69, 9.17) is 14.2 Å². The fourth-order valence-electron chi connectivity index (χ4n) is 6.91. The monoisotopic (exact) mass is 728 g/mol. The van der Waals surface area contributed by atoms with Crippen LogP contribution >= 0.6 is 23.5 Å². The van der Waals surface area contributed by atoms with Crippen molar-refractivity contribution in [2.75, 3.05) is 24.7 Å². The Labute approximate surface area is 313 Å². The highest BCUT2D eigenvalue weighted by Crippen LogP contribution is 2.41. The third kappa shape index (κ3) is 13.8. The third-order valence-corrected chi connectivity index (χ3v) is 13.2. The molecule has 1 N–H and O–H groups in total. The molecule has 0 aromatic heterocycles. The van der Waals surface area contributed by atoms with Gasteiger partial charge in [0, 0.05) is 34.3 Å². The molecule has 0 amide bonds. The van der Waals surface area contributed by atoms with E-state index in [0.29, 0.717) is 54.3 Å². The minimum absolute atomic E-state index is 0.134. The maximum atomic E-state index is 12.1. The van der Waals surface area contributed by atoms with Crippen LogP contribution in [0.25, 0.3) is 0 Å². The first-order chi connectivity index (χ1) is 23.9. The fourth-order valence-corrected chi connectivity index (χ4v) is 9.41. The summed E-state index contributed by atoms with van der Waals surface area (Å²) < 4.78 is 18.4. The summed E-state index contributed by atoms with van der Waals surface area (Å²) in [7, 11) is 0. The van der Waals surface area contributed by atoms with Gasteiger partial charge in [-0.25, -0.2) is 0 Å². The van der Waals surface area contributed by atoms with Crippen LogP contribution < -0.4 is 0 Å². The van der Waals surface area contributed by atoms with Gasteiger partial charge in [-0.2, -0.15) is 0 Å². The molecule has 7 heteroatoms. The van der Waals surface area contributed by atoms with Crippen molar-refractivity contribution in [1.82, 2.24) is 0 Å². The molecule has 0 bridgehead atoms. The van der Waals surface area contributed by atoms with Crippen molar-refractivity contribution in [1.29, 1.82) is 0 Å². The number of esters is 1. The molecule has 282 valence electrons. The molecule has 2 aliphatic heterocycles. The van der Waals surface area contributed by atoms with Crippen LogP contribution in [0.15, 0.2) is 70.5 Å². The molecule has 2 aromatic carbocycles. The van der Waals surface area contributed by atoms with E-state index in [1.54, 1.807) is 0 Å². The average Bonchev–Trinajstić information content (AvgIpc) is 3.56. The van der Waals surface area contributed by atoms with E-state index in [9.17, 15) is 9.90 Å². The number of carbonyl (C=O) groups is 1. The largest absolute Gasteiger partial charge is 0.465 e. The van der Waals surface area contributed by atoms with Gasteiger partial charge in [0.05, 0.1) is 36.4 Å². The van der Waals surface area contributed by atoms with Crippen LogP contribution in [-0.4, -0.2) is 60.2 Å². The molecule has 10 atom stereocenters. The molecule has 5 nitrogen and oxygen atoms in total. The Morgan fingerprint density at radius 2 is 1.16 bits per heavy atom. The summed E-state index contributed by atoms with van der Waals surface area (Å²) in [6.07, 6.45) is 7.23. The summed E-state index contributed by atoms with van der Waals surface area (Å²) in [5.41, 5.74) is -0.453. The summed E-state index contributed by atoms with van der Waals surface area (Å²) in [6.45, 7) is 20.1. The lowest BCUT2D eigenvalue weighted by molar-refractivity contribution is -0.153. The van der Waals surface area contributed by atoms with E-state index in [0.717, 1.165) is 37.2 Å². The van der Waals surface area contributed by atoms with Crippen LogP contribution in [0.5, 0.6) is 0 Å². The lowest BCUT2D eigenvalue weighted by Gasteiger charge is -2.22. The minimum atomic E-state index is -0.453. The van der Waals surface area contributed by atoms with Gasteiger partial charge in [-0.05, 0) is 99.8 Å². The molecule has 0 spiro atoms. The smallest absolute Gasteiger partial charge is 0.311 e. The van der Waals surface area contributed by atoms with Gasteiger partial charge in [-0.1, -0.05) is 90.8 Å². The van der Waals surface area contributed by atoms with Crippen molar-refractivity contribution in [2.45, 2.75) is 135 Å². The Kier molecular flexibility index (Phi) is 18.8. The third-order valence-electron chi connectivity index (χ3n) is 10.9. The average molecular weight is 729 g/mol. The maximum absolute atomic E-state index is 12.1. The van der Waals surface area contributed by atoms with Gasteiger partial charge < -0.3 is 19.3 Å². The van der Waals surface area contributed by atoms with Gasteiger partial charge >= 0.3 is 5.97 Å². The number of carbonyl (C=O) groups excluding carboxylic acids is 1. The van der Waals surface area contributed by atoms with Crippen LogP contribution in [0.2, 0.25) is 0 Å². The number of hydrogen-bond donors (Lipinski definition) is 1. The normalized spacial score (nSPS) is 27.7. The van der Waals surface area contributed by atoms with Crippen LogP contribution in [0.3, 0.4) is 0 Å². The number of thioether (sulfide) groups is 2. The predicted molar refractivity (Wildman–Crippen MR) is 212 cm³/mol. The summed E-state index contributed by atoms with van der Waals surface area (Å²) >= 11 is 3.82.